The summed E-state index contributed by atoms with van der Waals surface area (Å²) in [6.45, 7) is 2.47. The van der Waals surface area contributed by atoms with Crippen molar-refractivity contribution in [1.82, 2.24) is 15.1 Å². The third-order valence-corrected chi connectivity index (χ3v) is 4.84. The molecule has 0 aliphatic carbocycles. The normalized spacial score (nSPS) is 10.7. The molecule has 0 atom stereocenters. The summed E-state index contributed by atoms with van der Waals surface area (Å²) in [6.07, 6.45) is 3.57. The summed E-state index contributed by atoms with van der Waals surface area (Å²) < 4.78 is 1.85. The van der Waals surface area contributed by atoms with Crippen LogP contribution < -0.4 is 5.32 Å². The fourth-order valence-electron chi connectivity index (χ4n) is 2.58. The van der Waals surface area contributed by atoms with Crippen molar-refractivity contribution in [2.45, 2.75) is 19.8 Å². The van der Waals surface area contributed by atoms with Crippen LogP contribution in [0.15, 0.2) is 48.0 Å². The van der Waals surface area contributed by atoms with Crippen LogP contribution >= 0.6 is 11.3 Å². The molecule has 1 aromatic carbocycles. The van der Waals surface area contributed by atoms with Crippen LogP contribution in [0.2, 0.25) is 0 Å². The molecule has 0 saturated carbocycles. The van der Waals surface area contributed by atoms with Gasteiger partial charge in [-0.25, -0.2) is 4.68 Å². The Labute approximate surface area is 154 Å². The number of benzene rings is 1. The van der Waals surface area contributed by atoms with Gasteiger partial charge in [0.2, 0.25) is 0 Å². The lowest BCUT2D eigenvalue weighted by atomic mass is 10.1. The number of aromatic nitrogens is 2. The molecule has 8 heteroatoms. The second-order valence-corrected chi connectivity index (χ2v) is 6.70. The van der Waals surface area contributed by atoms with Crippen LogP contribution in [0.3, 0.4) is 0 Å². The average molecular weight is 370 g/mol. The minimum Gasteiger partial charge on any atom is -0.352 e. The van der Waals surface area contributed by atoms with Crippen LogP contribution in [0.5, 0.6) is 0 Å². The summed E-state index contributed by atoms with van der Waals surface area (Å²) in [5.74, 6) is -0.286. The molecule has 3 rings (SSSR count). The molecule has 0 unspecified atom stereocenters. The van der Waals surface area contributed by atoms with Crippen LogP contribution in [-0.2, 0) is 6.42 Å². The molecular formula is C18H18N4O3S. The van der Waals surface area contributed by atoms with E-state index in [1.54, 1.807) is 0 Å². The smallest absolute Gasteiger partial charge is 0.324 e. The third kappa shape index (κ3) is 4.15. The SMILES string of the molecule is Cc1nn(-c2ccccc2)cc1CCCNC(=O)c1csc([N+](=O)[O-])c1. The molecule has 26 heavy (non-hydrogen) atoms. The number of para-hydroxylation sites is 1. The number of hydrogen-bond donors (Lipinski definition) is 1. The van der Waals surface area contributed by atoms with Gasteiger partial charge in [-0.1, -0.05) is 29.5 Å². The quantitative estimate of drug-likeness (QED) is 0.391. The van der Waals surface area contributed by atoms with Gasteiger partial charge in [0, 0.05) is 24.2 Å². The summed E-state index contributed by atoms with van der Waals surface area (Å²) in [6, 6.07) is 11.2. The molecule has 3 aromatic rings. The molecule has 2 aromatic heterocycles. The highest BCUT2D eigenvalue weighted by atomic mass is 32.1. The zero-order valence-corrected chi connectivity index (χ0v) is 15.0. The van der Waals surface area contributed by atoms with Crippen molar-refractivity contribution in [3.05, 3.63) is 74.9 Å². The highest BCUT2D eigenvalue weighted by Gasteiger charge is 2.14. The second-order valence-electron chi connectivity index (χ2n) is 5.81. The van der Waals surface area contributed by atoms with E-state index in [0.29, 0.717) is 12.1 Å². The van der Waals surface area contributed by atoms with E-state index >= 15 is 0 Å². The second kappa shape index (κ2) is 7.92. The standard InChI is InChI=1S/C18H18N4O3S/c1-13-14(11-21(20-13)16-7-3-2-4-8-16)6-5-9-19-18(23)15-10-17(22(24)25)26-12-15/h2-4,7-8,10-12H,5-6,9H2,1H3,(H,19,23). The molecule has 0 spiro atoms. The molecule has 2 heterocycles. The van der Waals surface area contributed by atoms with E-state index in [2.05, 4.69) is 10.4 Å². The Balaban J connectivity index is 1.51. The molecule has 0 aliphatic heterocycles. The molecule has 0 saturated heterocycles. The molecule has 1 N–H and O–H groups in total. The van der Waals surface area contributed by atoms with E-state index < -0.39 is 4.92 Å². The summed E-state index contributed by atoms with van der Waals surface area (Å²) in [5, 5.41) is 19.5. The van der Waals surface area contributed by atoms with Gasteiger partial charge in [-0.15, -0.1) is 0 Å². The Morgan fingerprint density at radius 3 is 2.81 bits per heavy atom. The summed E-state index contributed by atoms with van der Waals surface area (Å²) in [4.78, 5) is 22.2. The van der Waals surface area contributed by atoms with Gasteiger partial charge in [0.25, 0.3) is 5.91 Å². The van der Waals surface area contributed by atoms with Crippen molar-refractivity contribution in [2.24, 2.45) is 0 Å². The number of thiophene rings is 1. The van der Waals surface area contributed by atoms with Gasteiger partial charge in [-0.3, -0.25) is 14.9 Å². The van der Waals surface area contributed by atoms with Gasteiger partial charge in [-0.2, -0.15) is 5.10 Å². The summed E-state index contributed by atoms with van der Waals surface area (Å²) in [7, 11) is 0. The van der Waals surface area contributed by atoms with Crippen LogP contribution in [0, 0.1) is 17.0 Å². The number of rotatable bonds is 7. The summed E-state index contributed by atoms with van der Waals surface area (Å²) in [5.41, 5.74) is 3.44. The van der Waals surface area contributed by atoms with Crippen molar-refractivity contribution in [1.29, 1.82) is 0 Å². The zero-order valence-electron chi connectivity index (χ0n) is 14.2. The number of carbonyl (C=O) groups is 1. The number of amides is 1. The number of carbonyl (C=O) groups excluding carboxylic acids is 1. The van der Waals surface area contributed by atoms with Crippen LogP contribution in [0.1, 0.15) is 28.0 Å². The maximum absolute atomic E-state index is 12.0. The van der Waals surface area contributed by atoms with Gasteiger partial charge in [0.15, 0.2) is 0 Å². The lowest BCUT2D eigenvalue weighted by Gasteiger charge is -2.03. The fourth-order valence-corrected chi connectivity index (χ4v) is 3.28. The molecule has 0 bridgehead atoms. The van der Waals surface area contributed by atoms with Gasteiger partial charge >= 0.3 is 5.00 Å². The van der Waals surface area contributed by atoms with E-state index in [1.165, 1.54) is 11.4 Å². The number of nitrogens with zero attached hydrogens (tertiary/aromatic N) is 3. The maximum Gasteiger partial charge on any atom is 0.324 e. The Hall–Kier alpha value is -3.00. The first-order valence-corrected chi connectivity index (χ1v) is 9.04. The van der Waals surface area contributed by atoms with Crippen LogP contribution in [0.25, 0.3) is 5.69 Å². The average Bonchev–Trinajstić information content (AvgIpc) is 3.27. The Morgan fingerprint density at radius 2 is 2.12 bits per heavy atom. The van der Waals surface area contributed by atoms with Crippen molar-refractivity contribution in [3.8, 4) is 5.69 Å². The van der Waals surface area contributed by atoms with E-state index in [-0.39, 0.29) is 10.9 Å². The van der Waals surface area contributed by atoms with Crippen molar-refractivity contribution in [2.75, 3.05) is 6.54 Å². The molecule has 7 nitrogen and oxygen atoms in total. The van der Waals surface area contributed by atoms with E-state index in [4.69, 9.17) is 0 Å². The largest absolute Gasteiger partial charge is 0.352 e. The molecule has 1 amide bonds. The van der Waals surface area contributed by atoms with Gasteiger partial charge in [-0.05, 0) is 37.5 Å². The van der Waals surface area contributed by atoms with Gasteiger partial charge in [0.05, 0.1) is 21.9 Å². The Morgan fingerprint density at radius 1 is 1.35 bits per heavy atom. The summed E-state index contributed by atoms with van der Waals surface area (Å²) >= 11 is 0.954. The predicted octanol–water partition coefficient (Wildman–Crippen LogP) is 3.51. The molecule has 0 radical (unpaired) electrons. The first kappa shape index (κ1) is 17.8. The lowest BCUT2D eigenvalue weighted by Crippen LogP contribution is -2.24. The molecular weight excluding hydrogens is 352 g/mol. The predicted molar refractivity (Wildman–Crippen MR) is 99.9 cm³/mol. The minimum atomic E-state index is -0.491. The van der Waals surface area contributed by atoms with E-state index in [9.17, 15) is 14.9 Å². The molecule has 134 valence electrons. The highest BCUT2D eigenvalue weighted by Crippen LogP contribution is 2.22. The topological polar surface area (TPSA) is 90.1 Å². The minimum absolute atomic E-state index is 0.0286. The number of nitro groups is 1. The number of hydrogen-bond acceptors (Lipinski definition) is 5. The third-order valence-electron chi connectivity index (χ3n) is 3.96. The molecule has 0 fully saturated rings. The highest BCUT2D eigenvalue weighted by molar-refractivity contribution is 7.13. The van der Waals surface area contributed by atoms with Crippen molar-refractivity contribution in [3.63, 3.8) is 0 Å². The first-order chi connectivity index (χ1) is 12.5. The zero-order chi connectivity index (χ0) is 18.5. The van der Waals surface area contributed by atoms with Crippen molar-refractivity contribution < 1.29 is 9.72 Å². The van der Waals surface area contributed by atoms with Crippen molar-refractivity contribution >= 4 is 22.2 Å². The van der Waals surface area contributed by atoms with E-state index in [1.807, 2.05) is 48.1 Å². The van der Waals surface area contributed by atoms with Gasteiger partial charge < -0.3 is 5.32 Å². The number of aryl methyl sites for hydroxylation is 2. The van der Waals surface area contributed by atoms with E-state index in [0.717, 1.165) is 41.1 Å². The van der Waals surface area contributed by atoms with Gasteiger partial charge in [0.1, 0.15) is 0 Å². The Kier molecular flexibility index (Phi) is 5.43. The lowest BCUT2D eigenvalue weighted by molar-refractivity contribution is -0.380. The maximum atomic E-state index is 12.0. The first-order valence-electron chi connectivity index (χ1n) is 8.16. The fraction of sp³-hybridized carbons (Fsp3) is 0.222. The number of nitrogens with one attached hydrogen (secondary N) is 1. The van der Waals surface area contributed by atoms with Crippen LogP contribution in [0.4, 0.5) is 5.00 Å². The Bertz CT molecular complexity index is 918. The molecule has 0 aliphatic rings. The van der Waals surface area contributed by atoms with Crippen LogP contribution in [-0.4, -0.2) is 27.2 Å². The monoisotopic (exact) mass is 370 g/mol.